The Labute approximate surface area is 287 Å². The van der Waals surface area contributed by atoms with Gasteiger partial charge in [0.1, 0.15) is 11.6 Å². The van der Waals surface area contributed by atoms with Crippen LogP contribution in [0, 0.1) is 19.0 Å². The van der Waals surface area contributed by atoms with E-state index in [1.807, 2.05) is 22.6 Å². The van der Waals surface area contributed by atoms with E-state index in [4.69, 9.17) is 29.7 Å². The molecule has 6 rings (SSSR count). The molecule has 248 valence electrons. The fourth-order valence-electron chi connectivity index (χ4n) is 4.55. The van der Waals surface area contributed by atoms with Crippen LogP contribution in [0.1, 0.15) is 39.5 Å². The number of nitrogens with zero attached hydrogens (tertiary/aromatic N) is 3. The third-order valence-corrected chi connectivity index (χ3v) is 8.59. The van der Waals surface area contributed by atoms with Gasteiger partial charge in [0.05, 0.1) is 26.4 Å². The van der Waals surface area contributed by atoms with Gasteiger partial charge in [0.25, 0.3) is 0 Å². The molecule has 0 amide bonds. The molecule has 0 aliphatic carbocycles. The van der Waals surface area contributed by atoms with Crippen LogP contribution in [-0.2, 0) is 18.9 Å². The topological polar surface area (TPSA) is 116 Å². The highest BCUT2D eigenvalue weighted by Crippen LogP contribution is 2.27. The summed E-state index contributed by atoms with van der Waals surface area (Å²) in [6.07, 6.45) is 4.06. The molecule has 0 atom stereocenters. The van der Waals surface area contributed by atoms with Crippen LogP contribution in [0.15, 0.2) is 24.3 Å². The second kappa shape index (κ2) is 19.6. The van der Waals surface area contributed by atoms with Gasteiger partial charge in [0.2, 0.25) is 11.9 Å². The standard InChI is InChI=1S/C15H22IN3O2.C6H13NO.C5H2F2IN.C4H9NO/c1-15(2-6-20-7-3-15)18-13-10-12(16)11-14(17-13)19-4-8-21-9-5-19;1-6(7)2-4-8-5-3-6;6-4-1-3(8)2-5(7)9-4;1-3-6-4-2-5-1/h10-11H,2-9H2,1H3,(H,17,18);2-5,7H2,1H3;1-2H;5H,1-4H2. The van der Waals surface area contributed by atoms with Crippen molar-refractivity contribution >= 4 is 56.8 Å². The first-order valence-corrected chi connectivity index (χ1v) is 17.2. The number of halogens is 4. The lowest BCUT2D eigenvalue weighted by atomic mass is 9.92. The highest BCUT2D eigenvalue weighted by molar-refractivity contribution is 14.1. The fraction of sp³-hybridized carbons (Fsp3) is 0.667. The molecule has 0 radical (unpaired) electrons. The summed E-state index contributed by atoms with van der Waals surface area (Å²) in [7, 11) is 0. The number of ether oxygens (including phenoxy) is 4. The molecule has 4 N–H and O–H groups in total. The molecule has 0 unspecified atom stereocenters. The number of anilines is 2. The number of aromatic nitrogens is 2. The van der Waals surface area contributed by atoms with E-state index in [0.717, 1.165) is 128 Å². The van der Waals surface area contributed by atoms with E-state index in [9.17, 15) is 8.78 Å². The van der Waals surface area contributed by atoms with Crippen molar-refractivity contribution < 1.29 is 27.7 Å². The van der Waals surface area contributed by atoms with Crippen LogP contribution < -0.4 is 21.3 Å². The first-order valence-electron chi connectivity index (χ1n) is 15.0. The Balaban J connectivity index is 0.000000188. The van der Waals surface area contributed by atoms with Gasteiger partial charge in [-0.15, -0.1) is 0 Å². The summed E-state index contributed by atoms with van der Waals surface area (Å²) in [6, 6.07) is 6.57. The Kier molecular flexibility index (Phi) is 16.7. The Morgan fingerprint density at radius 2 is 1.25 bits per heavy atom. The fourth-order valence-corrected chi connectivity index (χ4v) is 5.63. The molecule has 0 spiro atoms. The average molecular weight is 847 g/mol. The zero-order valence-electron chi connectivity index (χ0n) is 25.7. The molecular formula is C30H46F2I2N6O4. The molecule has 14 heteroatoms. The Bertz CT molecular complexity index is 1050. The van der Waals surface area contributed by atoms with Crippen molar-refractivity contribution in [2.24, 2.45) is 5.73 Å². The quantitative estimate of drug-likeness (QED) is 0.300. The van der Waals surface area contributed by atoms with Gasteiger partial charge in [-0.3, -0.25) is 0 Å². The molecule has 0 aromatic carbocycles. The van der Waals surface area contributed by atoms with Gasteiger partial charge in [-0.1, -0.05) is 0 Å². The van der Waals surface area contributed by atoms with Crippen LogP contribution in [0.2, 0.25) is 0 Å². The Hall–Kier alpha value is -1.02. The third-order valence-electron chi connectivity index (χ3n) is 7.35. The number of rotatable bonds is 3. The highest BCUT2D eigenvalue weighted by atomic mass is 127. The molecule has 4 saturated heterocycles. The van der Waals surface area contributed by atoms with Crippen molar-refractivity contribution in [1.82, 2.24) is 15.3 Å². The largest absolute Gasteiger partial charge is 0.381 e. The Morgan fingerprint density at radius 3 is 1.70 bits per heavy atom. The molecule has 2 aromatic rings. The van der Waals surface area contributed by atoms with Gasteiger partial charge in [0, 0.05) is 83.0 Å². The molecule has 10 nitrogen and oxygen atoms in total. The minimum Gasteiger partial charge on any atom is -0.381 e. The van der Waals surface area contributed by atoms with E-state index in [2.05, 4.69) is 69.1 Å². The molecular weight excluding hydrogens is 800 g/mol. The normalized spacial score (nSPS) is 20.8. The number of hydrogen-bond acceptors (Lipinski definition) is 10. The van der Waals surface area contributed by atoms with Gasteiger partial charge >= 0.3 is 0 Å². The molecule has 44 heavy (non-hydrogen) atoms. The van der Waals surface area contributed by atoms with E-state index in [0.29, 0.717) is 3.57 Å². The van der Waals surface area contributed by atoms with Crippen molar-refractivity contribution in [1.29, 1.82) is 0 Å². The monoisotopic (exact) mass is 846 g/mol. The second-order valence-electron chi connectivity index (χ2n) is 11.5. The van der Waals surface area contributed by atoms with Crippen molar-refractivity contribution in [2.75, 3.05) is 89.3 Å². The van der Waals surface area contributed by atoms with Crippen molar-refractivity contribution in [3.05, 3.63) is 43.3 Å². The van der Waals surface area contributed by atoms with Gasteiger partial charge in [0.15, 0.2) is 0 Å². The van der Waals surface area contributed by atoms with Crippen LogP contribution in [0.5, 0.6) is 0 Å². The second-order valence-corrected chi connectivity index (χ2v) is 14.0. The SMILES string of the molecule is C1COCCN1.CC1(N)CCOCC1.CC1(Nc2cc(I)cc(N3CCOCC3)n2)CCOCC1.Fc1cc(I)cc(F)n1. The lowest BCUT2D eigenvalue weighted by molar-refractivity contribution is 0.0594. The molecule has 4 aliphatic heterocycles. The lowest BCUT2D eigenvalue weighted by Gasteiger charge is -2.35. The minimum atomic E-state index is -0.778. The Morgan fingerprint density at radius 1 is 0.750 bits per heavy atom. The molecule has 4 fully saturated rings. The van der Waals surface area contributed by atoms with E-state index in [1.165, 1.54) is 3.57 Å². The molecule has 6 heterocycles. The van der Waals surface area contributed by atoms with Crippen LogP contribution in [0.3, 0.4) is 0 Å². The molecule has 4 aliphatic rings. The number of nitrogens with one attached hydrogen (secondary N) is 2. The summed E-state index contributed by atoms with van der Waals surface area (Å²) in [5.41, 5.74) is 5.93. The summed E-state index contributed by atoms with van der Waals surface area (Å²) >= 11 is 4.17. The molecule has 0 bridgehead atoms. The smallest absolute Gasteiger partial charge is 0.216 e. The van der Waals surface area contributed by atoms with Gasteiger partial charge in [-0.25, -0.2) is 4.98 Å². The third kappa shape index (κ3) is 15.0. The van der Waals surface area contributed by atoms with E-state index < -0.39 is 11.9 Å². The number of morpholine rings is 2. The maximum atomic E-state index is 12.1. The summed E-state index contributed by atoms with van der Waals surface area (Å²) in [5, 5.41) is 6.78. The first-order chi connectivity index (χ1) is 21.0. The summed E-state index contributed by atoms with van der Waals surface area (Å²) in [5.74, 6) is 0.454. The van der Waals surface area contributed by atoms with Crippen molar-refractivity contribution in [2.45, 2.75) is 50.6 Å². The average Bonchev–Trinajstić information content (AvgIpc) is 2.98. The van der Waals surface area contributed by atoms with E-state index in [1.54, 1.807) is 0 Å². The van der Waals surface area contributed by atoms with Crippen LogP contribution in [-0.4, -0.2) is 100 Å². The predicted octanol–water partition coefficient (Wildman–Crippen LogP) is 4.59. The maximum Gasteiger partial charge on any atom is 0.216 e. The van der Waals surface area contributed by atoms with E-state index >= 15 is 0 Å². The van der Waals surface area contributed by atoms with Crippen LogP contribution >= 0.6 is 45.2 Å². The predicted molar refractivity (Wildman–Crippen MR) is 185 cm³/mol. The first kappa shape index (κ1) is 37.4. The van der Waals surface area contributed by atoms with Crippen molar-refractivity contribution in [3.8, 4) is 0 Å². The minimum absolute atomic E-state index is 0.0538. The van der Waals surface area contributed by atoms with Gasteiger partial charge in [-0.05, 0) is 96.8 Å². The van der Waals surface area contributed by atoms with Crippen LogP contribution in [0.25, 0.3) is 0 Å². The number of pyridine rings is 2. The number of nitrogens with two attached hydrogens (primary N) is 1. The summed E-state index contributed by atoms with van der Waals surface area (Å²) < 4.78 is 46.9. The zero-order chi connectivity index (χ0) is 31.8. The van der Waals surface area contributed by atoms with E-state index in [-0.39, 0.29) is 11.1 Å². The lowest BCUT2D eigenvalue weighted by Crippen LogP contribution is -2.41. The van der Waals surface area contributed by atoms with Gasteiger partial charge < -0.3 is 40.2 Å². The molecule has 0 saturated carbocycles. The summed E-state index contributed by atoms with van der Waals surface area (Å²) in [4.78, 5) is 10.0. The summed E-state index contributed by atoms with van der Waals surface area (Å²) in [6.45, 7) is 14.9. The number of hydrogen-bond donors (Lipinski definition) is 3. The highest BCUT2D eigenvalue weighted by Gasteiger charge is 2.28. The van der Waals surface area contributed by atoms with Crippen molar-refractivity contribution in [3.63, 3.8) is 0 Å². The maximum absolute atomic E-state index is 12.1. The van der Waals surface area contributed by atoms with Gasteiger partial charge in [-0.2, -0.15) is 13.8 Å². The molecule has 2 aromatic heterocycles. The zero-order valence-corrected chi connectivity index (χ0v) is 30.0. The van der Waals surface area contributed by atoms with Crippen LogP contribution in [0.4, 0.5) is 20.4 Å².